The number of carboxylic acids is 1. The summed E-state index contributed by atoms with van der Waals surface area (Å²) in [6.07, 6.45) is 1.61. The predicted molar refractivity (Wildman–Crippen MR) is 101 cm³/mol. The Hall–Kier alpha value is -2.47. The lowest BCUT2D eigenvalue weighted by Crippen LogP contribution is -2.41. The fourth-order valence-corrected chi connectivity index (χ4v) is 4.79. The van der Waals surface area contributed by atoms with Gasteiger partial charge in [-0.3, -0.25) is 4.79 Å². The Morgan fingerprint density at radius 1 is 1.04 bits per heavy atom. The maximum atomic E-state index is 12.7. The number of fused-ring (bicyclic) bond motifs is 2. The number of rotatable bonds is 4. The molecule has 0 spiro atoms. The van der Waals surface area contributed by atoms with Crippen LogP contribution in [0, 0.1) is 0 Å². The molecule has 5 nitrogen and oxygen atoms in total. The van der Waals surface area contributed by atoms with E-state index in [0.29, 0.717) is 25.9 Å². The van der Waals surface area contributed by atoms with E-state index in [1.807, 2.05) is 24.3 Å². The fourth-order valence-electron chi connectivity index (χ4n) is 3.70. The number of carbonyl (C=O) groups is 2. The highest BCUT2D eigenvalue weighted by atomic mass is 32.2. The lowest BCUT2D eigenvalue weighted by molar-refractivity contribution is -0.148. The number of amides is 1. The van der Waals surface area contributed by atoms with E-state index in [1.165, 1.54) is 14.7 Å². The molecular weight excluding hydrogens is 348 g/mol. The Bertz CT molecular complexity index is 809. The number of carbonyl (C=O) groups excluding carboxylic acids is 1. The Balaban J connectivity index is 1.55. The molecule has 134 valence electrons. The molecule has 2 aliphatic rings. The summed E-state index contributed by atoms with van der Waals surface area (Å²) in [4.78, 5) is 30.0. The van der Waals surface area contributed by atoms with Gasteiger partial charge in [-0.05, 0) is 37.1 Å². The van der Waals surface area contributed by atoms with Crippen molar-refractivity contribution in [3.8, 4) is 0 Å². The van der Waals surface area contributed by atoms with Gasteiger partial charge in [-0.1, -0.05) is 36.0 Å². The van der Waals surface area contributed by atoms with E-state index >= 15 is 0 Å². The summed E-state index contributed by atoms with van der Waals surface area (Å²) < 4.78 is 0. The summed E-state index contributed by atoms with van der Waals surface area (Å²) in [7, 11) is 0. The van der Waals surface area contributed by atoms with Crippen LogP contribution in [0.3, 0.4) is 0 Å². The monoisotopic (exact) mass is 368 g/mol. The molecule has 4 rings (SSSR count). The van der Waals surface area contributed by atoms with Gasteiger partial charge in [-0.15, -0.1) is 0 Å². The number of nitrogens with zero attached hydrogens (tertiary/aromatic N) is 2. The van der Waals surface area contributed by atoms with Gasteiger partial charge < -0.3 is 14.9 Å². The Kier molecular flexibility index (Phi) is 4.59. The van der Waals surface area contributed by atoms with E-state index in [9.17, 15) is 14.7 Å². The van der Waals surface area contributed by atoms with Crippen molar-refractivity contribution in [2.75, 3.05) is 18.0 Å². The highest BCUT2D eigenvalue weighted by Gasteiger charge is 2.34. The summed E-state index contributed by atoms with van der Waals surface area (Å²) in [5, 5.41) is 9.30. The van der Waals surface area contributed by atoms with Gasteiger partial charge in [0.05, 0.1) is 11.4 Å². The molecule has 26 heavy (non-hydrogen) atoms. The SMILES string of the molecule is O=C(O)[C@@H]1CCCN1C(=O)CCN1c2ccccc2Sc2ccccc21. The zero-order valence-electron chi connectivity index (χ0n) is 14.3. The molecule has 0 radical (unpaired) electrons. The molecule has 0 unspecified atom stereocenters. The maximum Gasteiger partial charge on any atom is 0.326 e. The van der Waals surface area contributed by atoms with E-state index in [1.54, 1.807) is 11.8 Å². The topological polar surface area (TPSA) is 60.9 Å². The van der Waals surface area contributed by atoms with Crippen LogP contribution in [0.15, 0.2) is 58.3 Å². The highest BCUT2D eigenvalue weighted by molar-refractivity contribution is 7.99. The predicted octanol–water partition coefficient (Wildman–Crippen LogP) is 3.76. The van der Waals surface area contributed by atoms with Crippen molar-refractivity contribution in [3.63, 3.8) is 0 Å². The number of hydrogen-bond acceptors (Lipinski definition) is 4. The second kappa shape index (κ2) is 7.03. The molecule has 0 bridgehead atoms. The molecule has 2 heterocycles. The number of anilines is 2. The summed E-state index contributed by atoms with van der Waals surface area (Å²) in [5.41, 5.74) is 2.19. The van der Waals surface area contributed by atoms with Crippen LogP contribution in [0.25, 0.3) is 0 Å². The Labute approximate surface area is 156 Å². The van der Waals surface area contributed by atoms with Gasteiger partial charge in [0.15, 0.2) is 0 Å². The molecule has 1 saturated heterocycles. The highest BCUT2D eigenvalue weighted by Crippen LogP contribution is 2.47. The smallest absolute Gasteiger partial charge is 0.326 e. The normalized spacial score (nSPS) is 18.4. The van der Waals surface area contributed by atoms with E-state index in [0.717, 1.165) is 17.8 Å². The van der Waals surface area contributed by atoms with Crippen molar-refractivity contribution >= 4 is 35.0 Å². The van der Waals surface area contributed by atoms with Crippen LogP contribution in [0.1, 0.15) is 19.3 Å². The van der Waals surface area contributed by atoms with Gasteiger partial charge in [-0.2, -0.15) is 0 Å². The quantitative estimate of drug-likeness (QED) is 0.890. The van der Waals surface area contributed by atoms with Crippen LogP contribution < -0.4 is 4.90 Å². The van der Waals surface area contributed by atoms with Gasteiger partial charge in [0.25, 0.3) is 0 Å². The fraction of sp³-hybridized carbons (Fsp3) is 0.300. The van der Waals surface area contributed by atoms with Crippen molar-refractivity contribution in [1.29, 1.82) is 0 Å². The number of carboxylic acid groups (broad SMARTS) is 1. The van der Waals surface area contributed by atoms with Crippen molar-refractivity contribution < 1.29 is 14.7 Å². The van der Waals surface area contributed by atoms with Crippen LogP contribution in [0.4, 0.5) is 11.4 Å². The molecule has 1 fully saturated rings. The number of hydrogen-bond donors (Lipinski definition) is 1. The largest absolute Gasteiger partial charge is 0.480 e. The molecule has 2 aliphatic heterocycles. The first-order chi connectivity index (χ1) is 12.6. The van der Waals surface area contributed by atoms with Crippen molar-refractivity contribution in [1.82, 2.24) is 4.90 Å². The third-order valence-electron chi connectivity index (χ3n) is 4.94. The molecule has 1 atom stereocenters. The van der Waals surface area contributed by atoms with Gasteiger partial charge in [0, 0.05) is 29.3 Å². The number of likely N-dealkylation sites (tertiary alicyclic amines) is 1. The first kappa shape index (κ1) is 17.0. The minimum Gasteiger partial charge on any atom is -0.480 e. The summed E-state index contributed by atoms with van der Waals surface area (Å²) in [5.74, 6) is -0.982. The minimum absolute atomic E-state index is 0.0805. The molecule has 0 aromatic heterocycles. The van der Waals surface area contributed by atoms with Crippen LogP contribution in [0.5, 0.6) is 0 Å². The van der Waals surface area contributed by atoms with Crippen LogP contribution in [-0.2, 0) is 9.59 Å². The molecular formula is C20H20N2O3S. The van der Waals surface area contributed by atoms with E-state index in [-0.39, 0.29) is 5.91 Å². The van der Waals surface area contributed by atoms with Gasteiger partial charge in [0.1, 0.15) is 6.04 Å². The van der Waals surface area contributed by atoms with Gasteiger partial charge in [-0.25, -0.2) is 4.79 Å². The number of aliphatic carboxylic acids is 1. The lowest BCUT2D eigenvalue weighted by Gasteiger charge is -2.33. The van der Waals surface area contributed by atoms with Gasteiger partial charge in [0.2, 0.25) is 5.91 Å². The maximum absolute atomic E-state index is 12.7. The van der Waals surface area contributed by atoms with E-state index in [2.05, 4.69) is 29.2 Å². The summed E-state index contributed by atoms with van der Waals surface area (Å²) in [6.45, 7) is 1.08. The van der Waals surface area contributed by atoms with Crippen LogP contribution in [0.2, 0.25) is 0 Å². The second-order valence-electron chi connectivity index (χ2n) is 6.52. The third-order valence-corrected chi connectivity index (χ3v) is 6.07. The average Bonchev–Trinajstić information content (AvgIpc) is 3.15. The summed E-state index contributed by atoms with van der Waals surface area (Å²) in [6, 6.07) is 15.7. The zero-order chi connectivity index (χ0) is 18.1. The molecule has 6 heteroatoms. The standard InChI is InChI=1S/C20H20N2O3S/c23-19(22-12-5-8-16(22)20(24)25)11-13-21-14-6-1-3-9-17(14)26-18-10-4-2-7-15(18)21/h1-4,6-7,9-10,16H,5,8,11-13H2,(H,24,25)/t16-/m0/s1. The van der Waals surface area contributed by atoms with E-state index < -0.39 is 12.0 Å². The first-order valence-electron chi connectivity index (χ1n) is 8.81. The summed E-state index contributed by atoms with van der Waals surface area (Å²) >= 11 is 1.74. The molecule has 0 saturated carbocycles. The van der Waals surface area contributed by atoms with Crippen LogP contribution in [-0.4, -0.2) is 41.0 Å². The first-order valence-corrected chi connectivity index (χ1v) is 9.62. The Morgan fingerprint density at radius 2 is 1.65 bits per heavy atom. The minimum atomic E-state index is -0.902. The zero-order valence-corrected chi connectivity index (χ0v) is 15.1. The van der Waals surface area contributed by atoms with Crippen LogP contribution >= 0.6 is 11.8 Å². The van der Waals surface area contributed by atoms with Gasteiger partial charge >= 0.3 is 5.97 Å². The van der Waals surface area contributed by atoms with Crippen molar-refractivity contribution in [2.24, 2.45) is 0 Å². The molecule has 0 aliphatic carbocycles. The molecule has 1 N–H and O–H groups in total. The second-order valence-corrected chi connectivity index (χ2v) is 7.61. The molecule has 1 amide bonds. The van der Waals surface area contributed by atoms with Crippen molar-refractivity contribution in [3.05, 3.63) is 48.5 Å². The number of benzene rings is 2. The van der Waals surface area contributed by atoms with Crippen molar-refractivity contribution in [2.45, 2.75) is 35.1 Å². The lowest BCUT2D eigenvalue weighted by atomic mass is 10.2. The molecule has 2 aromatic rings. The van der Waals surface area contributed by atoms with E-state index in [4.69, 9.17) is 0 Å². The molecule has 2 aromatic carbocycles. The Morgan fingerprint density at radius 3 is 2.27 bits per heavy atom. The third kappa shape index (κ3) is 3.05. The average molecular weight is 368 g/mol. The number of para-hydroxylation sites is 2.